The highest BCUT2D eigenvalue weighted by Crippen LogP contribution is 2.37. The van der Waals surface area contributed by atoms with Crippen molar-refractivity contribution in [2.24, 2.45) is 0 Å². The summed E-state index contributed by atoms with van der Waals surface area (Å²) in [4.78, 5) is 22.6. The Balaban J connectivity index is 1.14. The predicted octanol–water partition coefficient (Wildman–Crippen LogP) is 6.65. The van der Waals surface area contributed by atoms with Crippen LogP contribution in [0.4, 0.5) is 0 Å². The van der Waals surface area contributed by atoms with Crippen LogP contribution in [0.25, 0.3) is 22.9 Å². The maximum Gasteiger partial charge on any atom is 0.255 e. The topological polar surface area (TPSA) is 51.7 Å². The number of ether oxygens (including phenoxy) is 2. The van der Waals surface area contributed by atoms with Crippen LogP contribution in [0.5, 0.6) is 11.5 Å². The number of rotatable bonds is 5. The van der Waals surface area contributed by atoms with Gasteiger partial charge >= 0.3 is 0 Å². The summed E-state index contributed by atoms with van der Waals surface area (Å²) in [5.41, 5.74) is 2.80. The number of nitrogens with zero attached hydrogens (tertiary/aromatic N) is 2. The third-order valence-corrected chi connectivity index (χ3v) is 9.07. The molecule has 1 fully saturated rings. The molecule has 5 heterocycles. The predicted molar refractivity (Wildman–Crippen MR) is 144 cm³/mol. The molecule has 178 valence electrons. The number of benzene rings is 1. The SMILES string of the molecule is O=C(/C(=C/c1cccs1)c1cccs1)N1CCC(c2nc(-c3ccc4c(c3)OCCO4)cs2)CC1. The molecule has 0 unspecified atom stereocenters. The van der Waals surface area contributed by atoms with E-state index in [1.54, 1.807) is 34.0 Å². The minimum atomic E-state index is 0.121. The van der Waals surface area contributed by atoms with Crippen molar-refractivity contribution in [3.05, 3.63) is 73.4 Å². The molecule has 1 amide bonds. The molecule has 0 atom stereocenters. The Hall–Kier alpha value is -2.94. The Morgan fingerprint density at radius 1 is 0.971 bits per heavy atom. The molecule has 4 aromatic rings. The highest BCUT2D eigenvalue weighted by molar-refractivity contribution is 7.12. The summed E-state index contributed by atoms with van der Waals surface area (Å²) in [6.07, 6.45) is 3.89. The quantitative estimate of drug-likeness (QED) is 0.277. The fourth-order valence-electron chi connectivity index (χ4n) is 4.50. The molecule has 5 nitrogen and oxygen atoms in total. The van der Waals surface area contributed by atoms with E-state index in [0.717, 1.165) is 69.0 Å². The minimum absolute atomic E-state index is 0.121. The number of piperidine rings is 1. The van der Waals surface area contributed by atoms with Crippen molar-refractivity contribution < 1.29 is 14.3 Å². The lowest BCUT2D eigenvalue weighted by molar-refractivity contribution is -0.125. The first-order valence-corrected chi connectivity index (χ1v) is 14.3. The number of carbonyl (C=O) groups excluding carboxylic acids is 1. The van der Waals surface area contributed by atoms with Gasteiger partial charge in [0.15, 0.2) is 11.5 Å². The van der Waals surface area contributed by atoms with Crippen LogP contribution >= 0.6 is 34.0 Å². The fourth-order valence-corrected chi connectivity index (χ4v) is 6.89. The Morgan fingerprint density at radius 2 is 1.77 bits per heavy atom. The third kappa shape index (κ3) is 4.78. The van der Waals surface area contributed by atoms with Crippen LogP contribution in [0, 0.1) is 0 Å². The van der Waals surface area contributed by atoms with Gasteiger partial charge in [0.2, 0.25) is 0 Å². The zero-order valence-corrected chi connectivity index (χ0v) is 21.5. The average molecular weight is 521 g/mol. The molecule has 0 aliphatic carbocycles. The lowest BCUT2D eigenvalue weighted by Crippen LogP contribution is -2.38. The first-order chi connectivity index (χ1) is 17.2. The van der Waals surface area contributed by atoms with Gasteiger partial charge in [0.05, 0.1) is 16.3 Å². The van der Waals surface area contributed by atoms with Gasteiger partial charge in [-0.25, -0.2) is 4.98 Å². The first-order valence-electron chi connectivity index (χ1n) is 11.7. The highest BCUT2D eigenvalue weighted by atomic mass is 32.1. The van der Waals surface area contributed by atoms with Gasteiger partial charge in [0.1, 0.15) is 13.2 Å². The molecule has 35 heavy (non-hydrogen) atoms. The van der Waals surface area contributed by atoms with Gasteiger partial charge in [-0.3, -0.25) is 4.79 Å². The average Bonchev–Trinajstić information content (AvgIpc) is 3.70. The van der Waals surface area contributed by atoms with Crippen LogP contribution in [0.15, 0.2) is 58.6 Å². The zero-order valence-electron chi connectivity index (χ0n) is 19.0. The summed E-state index contributed by atoms with van der Waals surface area (Å²) in [7, 11) is 0. The molecule has 0 saturated carbocycles. The van der Waals surface area contributed by atoms with Gasteiger partial charge < -0.3 is 14.4 Å². The van der Waals surface area contributed by atoms with Gasteiger partial charge in [-0.05, 0) is 60.0 Å². The summed E-state index contributed by atoms with van der Waals surface area (Å²) in [5, 5.41) is 7.34. The van der Waals surface area contributed by atoms with Gasteiger partial charge in [-0.15, -0.1) is 34.0 Å². The summed E-state index contributed by atoms with van der Waals surface area (Å²) >= 11 is 4.98. The molecule has 6 rings (SSSR count). The smallest absolute Gasteiger partial charge is 0.255 e. The molecule has 8 heteroatoms. The Morgan fingerprint density at radius 3 is 2.54 bits per heavy atom. The van der Waals surface area contributed by atoms with Crippen molar-refractivity contribution >= 4 is 51.6 Å². The largest absolute Gasteiger partial charge is 0.486 e. The number of fused-ring (bicyclic) bond motifs is 1. The number of hydrogen-bond donors (Lipinski definition) is 0. The van der Waals surface area contributed by atoms with E-state index in [4.69, 9.17) is 14.5 Å². The van der Waals surface area contributed by atoms with Crippen molar-refractivity contribution in [2.75, 3.05) is 26.3 Å². The van der Waals surface area contributed by atoms with Crippen molar-refractivity contribution in [1.82, 2.24) is 9.88 Å². The molecule has 1 saturated heterocycles. The Kier molecular flexibility index (Phi) is 6.41. The molecule has 2 aliphatic heterocycles. The van der Waals surface area contributed by atoms with E-state index < -0.39 is 0 Å². The second-order valence-electron chi connectivity index (χ2n) is 8.55. The lowest BCUT2D eigenvalue weighted by Gasteiger charge is -2.31. The minimum Gasteiger partial charge on any atom is -0.486 e. The molecule has 2 aliphatic rings. The van der Waals surface area contributed by atoms with E-state index in [0.29, 0.717) is 19.1 Å². The van der Waals surface area contributed by atoms with Gasteiger partial charge in [-0.2, -0.15) is 0 Å². The maximum atomic E-state index is 13.5. The van der Waals surface area contributed by atoms with Crippen LogP contribution in [-0.2, 0) is 4.79 Å². The van der Waals surface area contributed by atoms with Gasteiger partial charge in [0, 0.05) is 39.7 Å². The molecule has 0 spiro atoms. The fraction of sp³-hybridized carbons (Fsp3) is 0.259. The van der Waals surface area contributed by atoms with Gasteiger partial charge in [-0.1, -0.05) is 12.1 Å². The second-order valence-corrected chi connectivity index (χ2v) is 11.4. The van der Waals surface area contributed by atoms with Crippen molar-refractivity contribution in [3.8, 4) is 22.8 Å². The third-order valence-electron chi connectivity index (χ3n) is 6.34. The van der Waals surface area contributed by atoms with E-state index in [-0.39, 0.29) is 5.91 Å². The molecular weight excluding hydrogens is 497 g/mol. The zero-order chi connectivity index (χ0) is 23.6. The number of thiophene rings is 2. The summed E-state index contributed by atoms with van der Waals surface area (Å²) in [6, 6.07) is 14.1. The van der Waals surface area contributed by atoms with Crippen LogP contribution in [0.1, 0.15) is 33.5 Å². The molecule has 3 aromatic heterocycles. The van der Waals surface area contributed by atoms with E-state index in [2.05, 4.69) is 11.4 Å². The second kappa shape index (κ2) is 9.97. The molecular formula is C27H24N2O3S3. The van der Waals surface area contributed by atoms with E-state index in [1.165, 1.54) is 0 Å². The standard InChI is InChI=1S/C27H24N2O3S3/c30-27(21(25-4-2-14-34-25)16-20-3-1-13-33-20)29-9-7-18(8-10-29)26-28-22(17-35-26)19-5-6-23-24(15-19)32-12-11-31-23/h1-6,13-18H,7-12H2/b21-16+. The molecule has 1 aromatic carbocycles. The number of amides is 1. The Labute approximate surface area is 216 Å². The highest BCUT2D eigenvalue weighted by Gasteiger charge is 2.28. The molecule has 0 bridgehead atoms. The number of likely N-dealkylation sites (tertiary alicyclic amines) is 1. The first kappa shape index (κ1) is 22.5. The molecule has 0 N–H and O–H groups in total. The van der Waals surface area contributed by atoms with Crippen molar-refractivity contribution in [3.63, 3.8) is 0 Å². The number of carbonyl (C=O) groups is 1. The van der Waals surface area contributed by atoms with E-state index >= 15 is 0 Å². The van der Waals surface area contributed by atoms with Gasteiger partial charge in [0.25, 0.3) is 5.91 Å². The molecule has 0 radical (unpaired) electrons. The number of thiazole rings is 1. The lowest BCUT2D eigenvalue weighted by atomic mass is 9.96. The van der Waals surface area contributed by atoms with E-state index in [9.17, 15) is 4.79 Å². The van der Waals surface area contributed by atoms with Crippen LogP contribution < -0.4 is 9.47 Å². The summed E-state index contributed by atoms with van der Waals surface area (Å²) < 4.78 is 11.4. The summed E-state index contributed by atoms with van der Waals surface area (Å²) in [6.45, 7) is 2.66. The number of hydrogen-bond acceptors (Lipinski definition) is 7. The van der Waals surface area contributed by atoms with Crippen LogP contribution in [0.2, 0.25) is 0 Å². The number of aromatic nitrogens is 1. The van der Waals surface area contributed by atoms with E-state index in [1.807, 2.05) is 58.1 Å². The monoisotopic (exact) mass is 520 g/mol. The maximum absolute atomic E-state index is 13.5. The van der Waals surface area contributed by atoms with Crippen LogP contribution in [-0.4, -0.2) is 42.1 Å². The van der Waals surface area contributed by atoms with Crippen molar-refractivity contribution in [1.29, 1.82) is 0 Å². The Bertz CT molecular complexity index is 1330. The van der Waals surface area contributed by atoms with Crippen LogP contribution in [0.3, 0.4) is 0 Å². The normalized spacial score (nSPS) is 16.5. The summed E-state index contributed by atoms with van der Waals surface area (Å²) in [5.74, 6) is 2.08. The van der Waals surface area contributed by atoms with Crippen molar-refractivity contribution in [2.45, 2.75) is 18.8 Å².